The van der Waals surface area contributed by atoms with Crippen LogP contribution in [0.2, 0.25) is 0 Å². The van der Waals surface area contributed by atoms with Gasteiger partial charge in [-0.2, -0.15) is 0 Å². The average molecular weight is 1300 g/mol. The fraction of sp³-hybridized carbons (Fsp3) is 0.890. The molecule has 1 amide bonds. The first-order valence-corrected chi connectivity index (χ1v) is 42.0. The number of aliphatic hydroxyl groups is 1. The molecule has 538 valence electrons. The number of nitrogens with one attached hydrogen (secondary N) is 1. The van der Waals surface area contributed by atoms with Crippen LogP contribution in [0.25, 0.3) is 0 Å². The summed E-state index contributed by atoms with van der Waals surface area (Å²) in [5.41, 5.74) is 0. The van der Waals surface area contributed by atoms with Gasteiger partial charge in [-0.3, -0.25) is 13.8 Å². The van der Waals surface area contributed by atoms with Crippen LogP contribution in [0.1, 0.15) is 418 Å². The van der Waals surface area contributed by atoms with E-state index in [0.29, 0.717) is 23.9 Å². The second kappa shape index (κ2) is 72.7. The fourth-order valence-electron chi connectivity index (χ4n) is 12.6. The van der Waals surface area contributed by atoms with Gasteiger partial charge in [0.1, 0.15) is 13.2 Å². The Morgan fingerprint density at radius 1 is 0.385 bits per heavy atom. The van der Waals surface area contributed by atoms with E-state index >= 15 is 0 Å². The topological polar surface area (TPSA) is 105 Å². The maximum absolute atomic E-state index is 13.1. The second-order valence-electron chi connectivity index (χ2n) is 29.1. The van der Waals surface area contributed by atoms with Gasteiger partial charge >= 0.3 is 7.82 Å². The number of rotatable bonds is 76. The van der Waals surface area contributed by atoms with Gasteiger partial charge in [-0.1, -0.05) is 409 Å². The number of likely N-dealkylation sites (N-methyl/N-ethyl adjacent to an activating group) is 1. The fourth-order valence-corrected chi connectivity index (χ4v) is 13.4. The van der Waals surface area contributed by atoms with E-state index in [-0.39, 0.29) is 19.1 Å². The van der Waals surface area contributed by atoms with E-state index < -0.39 is 20.0 Å². The molecule has 0 aliphatic rings. The predicted molar refractivity (Wildman–Crippen MR) is 401 cm³/mol. The molecule has 0 aromatic rings. The monoisotopic (exact) mass is 1300 g/mol. The Morgan fingerprint density at radius 3 is 0.967 bits per heavy atom. The van der Waals surface area contributed by atoms with Gasteiger partial charge in [0, 0.05) is 6.42 Å². The molecular weight excluding hydrogens is 1140 g/mol. The molecule has 91 heavy (non-hydrogen) atoms. The summed E-state index contributed by atoms with van der Waals surface area (Å²) in [5, 5.41) is 14.2. The Hall–Kier alpha value is -1.54. The van der Waals surface area contributed by atoms with E-state index in [1.807, 2.05) is 21.1 Å². The van der Waals surface area contributed by atoms with Crippen molar-refractivity contribution < 1.29 is 32.9 Å². The normalized spacial score (nSPS) is 13.7. The molecule has 0 heterocycles. The van der Waals surface area contributed by atoms with Crippen LogP contribution in [0.5, 0.6) is 0 Å². The molecule has 0 aliphatic heterocycles. The number of nitrogens with zero attached hydrogens (tertiary/aromatic N) is 1. The molecule has 0 aromatic heterocycles. The first kappa shape index (κ1) is 89.5. The molecule has 0 bridgehead atoms. The van der Waals surface area contributed by atoms with Crippen LogP contribution < -0.4 is 5.32 Å². The van der Waals surface area contributed by atoms with E-state index in [2.05, 4.69) is 67.8 Å². The van der Waals surface area contributed by atoms with Gasteiger partial charge in [-0.25, -0.2) is 4.57 Å². The highest BCUT2D eigenvalue weighted by Gasteiger charge is 2.28. The third-order valence-corrected chi connectivity index (χ3v) is 19.8. The van der Waals surface area contributed by atoms with Crippen LogP contribution in [0.4, 0.5) is 0 Å². The molecule has 0 aromatic carbocycles. The Balaban J connectivity index is 3.90. The third-order valence-electron chi connectivity index (χ3n) is 18.8. The van der Waals surface area contributed by atoms with Crippen molar-refractivity contribution in [1.29, 1.82) is 0 Å². The molecule has 0 spiro atoms. The Morgan fingerprint density at radius 2 is 0.659 bits per heavy atom. The standard InChI is InChI=1S/C82H159N2O6P/c1-6-8-10-12-14-16-18-20-22-24-26-28-30-32-34-36-38-40-41-42-43-44-46-48-50-52-54-56-58-60-62-64-66-68-70-72-74-76-82(86)83-80(79-90-91(87,88)89-78-77-84(3,4)5)81(85)75-73-71-69-67-65-63-61-59-57-55-53-51-49-47-45-39-37-35-33-31-29-27-25-23-21-19-17-15-13-11-9-7-2/h8,10,14,16,20,22,26,28,80-81,85H,6-7,9,11-13,15,17-19,21,23-25,27,29-79H2,1-5H3,(H-,83,86,87,88)/p+1/b10-8-,16-14-,22-20-,28-26-. The molecule has 3 atom stereocenters. The van der Waals surface area contributed by atoms with Crippen molar-refractivity contribution in [2.24, 2.45) is 0 Å². The summed E-state index contributed by atoms with van der Waals surface area (Å²) in [6, 6.07) is -0.761. The van der Waals surface area contributed by atoms with E-state index in [1.54, 1.807) is 0 Å². The lowest BCUT2D eigenvalue weighted by molar-refractivity contribution is -0.870. The number of allylic oxidation sites excluding steroid dienone is 8. The lowest BCUT2D eigenvalue weighted by Crippen LogP contribution is -2.46. The summed E-state index contributed by atoms with van der Waals surface area (Å²) < 4.78 is 24.0. The summed E-state index contributed by atoms with van der Waals surface area (Å²) in [5.74, 6) is -0.135. The quantitative estimate of drug-likeness (QED) is 0.0243. The van der Waals surface area contributed by atoms with E-state index in [0.717, 1.165) is 64.2 Å². The van der Waals surface area contributed by atoms with Crippen LogP contribution in [0, 0.1) is 0 Å². The third kappa shape index (κ3) is 75.7. The summed E-state index contributed by atoms with van der Waals surface area (Å²) in [6.07, 6.45) is 99.8. The minimum absolute atomic E-state index is 0.0771. The first-order valence-electron chi connectivity index (χ1n) is 40.5. The SMILES string of the molecule is CC/C=C\C/C=C\C/C=C\C/C=C\CCCCCCCCCCCCCCCCCCCCCCCCCCC(=O)NC(COP(=O)(O)OCC[N+](C)(C)C)C(O)CCCCCCCCCCCCCCCCCCCCCCCCCCCCCCCCCC. The predicted octanol–water partition coefficient (Wildman–Crippen LogP) is 26.5. The van der Waals surface area contributed by atoms with Crippen LogP contribution in [-0.2, 0) is 18.4 Å². The molecule has 0 rings (SSSR count). The van der Waals surface area contributed by atoms with Crippen molar-refractivity contribution in [2.75, 3.05) is 40.9 Å². The maximum Gasteiger partial charge on any atom is 0.472 e. The molecule has 0 saturated carbocycles. The molecular formula is C82H160N2O6P+. The van der Waals surface area contributed by atoms with Crippen LogP contribution in [0.15, 0.2) is 48.6 Å². The number of hydrogen-bond acceptors (Lipinski definition) is 5. The summed E-state index contributed by atoms with van der Waals surface area (Å²) in [6.45, 7) is 4.84. The number of carbonyl (C=O) groups is 1. The van der Waals surface area contributed by atoms with Crippen molar-refractivity contribution in [3.63, 3.8) is 0 Å². The average Bonchev–Trinajstić information content (AvgIpc) is 3.42. The molecule has 3 N–H and O–H groups in total. The highest BCUT2D eigenvalue weighted by molar-refractivity contribution is 7.47. The van der Waals surface area contributed by atoms with Crippen LogP contribution in [-0.4, -0.2) is 73.4 Å². The van der Waals surface area contributed by atoms with Crippen molar-refractivity contribution >= 4 is 13.7 Å². The smallest absolute Gasteiger partial charge is 0.391 e. The van der Waals surface area contributed by atoms with Crippen molar-refractivity contribution in [1.82, 2.24) is 5.32 Å². The summed E-state index contributed by atoms with van der Waals surface area (Å²) >= 11 is 0. The molecule has 0 aliphatic carbocycles. The molecule has 3 unspecified atom stereocenters. The number of carbonyl (C=O) groups excluding carboxylic acids is 1. The first-order chi connectivity index (χ1) is 44.5. The lowest BCUT2D eigenvalue weighted by Gasteiger charge is -2.26. The number of quaternary nitrogens is 1. The maximum atomic E-state index is 13.1. The highest BCUT2D eigenvalue weighted by Crippen LogP contribution is 2.43. The van der Waals surface area contributed by atoms with Gasteiger partial charge in [0.25, 0.3) is 0 Å². The Labute approximate surface area is 569 Å². The highest BCUT2D eigenvalue weighted by atomic mass is 31.2. The van der Waals surface area contributed by atoms with Gasteiger partial charge in [-0.05, 0) is 51.4 Å². The van der Waals surface area contributed by atoms with Gasteiger partial charge in [-0.15, -0.1) is 0 Å². The Kier molecular flexibility index (Phi) is 71.5. The molecule has 9 heteroatoms. The number of unbranched alkanes of at least 4 members (excludes halogenated alkanes) is 55. The second-order valence-corrected chi connectivity index (χ2v) is 30.6. The zero-order valence-electron chi connectivity index (χ0n) is 61.9. The van der Waals surface area contributed by atoms with Crippen molar-refractivity contribution in [3.05, 3.63) is 48.6 Å². The van der Waals surface area contributed by atoms with Gasteiger partial charge < -0.3 is 19.8 Å². The molecule has 0 saturated heterocycles. The zero-order valence-corrected chi connectivity index (χ0v) is 62.8. The number of amides is 1. The van der Waals surface area contributed by atoms with Crippen molar-refractivity contribution in [2.45, 2.75) is 431 Å². The summed E-state index contributed by atoms with van der Waals surface area (Å²) in [4.78, 5) is 23.5. The number of phosphoric ester groups is 1. The summed E-state index contributed by atoms with van der Waals surface area (Å²) in [7, 11) is 1.64. The number of phosphoric acid groups is 1. The van der Waals surface area contributed by atoms with E-state index in [4.69, 9.17) is 9.05 Å². The van der Waals surface area contributed by atoms with E-state index in [1.165, 1.54) is 327 Å². The molecule has 0 fully saturated rings. The van der Waals surface area contributed by atoms with Crippen molar-refractivity contribution in [3.8, 4) is 0 Å². The minimum Gasteiger partial charge on any atom is -0.391 e. The lowest BCUT2D eigenvalue weighted by atomic mass is 10.0. The van der Waals surface area contributed by atoms with Gasteiger partial charge in [0.05, 0.1) is 39.9 Å². The Bertz CT molecular complexity index is 1630. The molecule has 8 nitrogen and oxygen atoms in total. The van der Waals surface area contributed by atoms with Crippen LogP contribution >= 0.6 is 7.82 Å². The number of hydrogen-bond donors (Lipinski definition) is 3. The van der Waals surface area contributed by atoms with Gasteiger partial charge in [0.2, 0.25) is 5.91 Å². The van der Waals surface area contributed by atoms with Gasteiger partial charge in [0.15, 0.2) is 0 Å². The zero-order chi connectivity index (χ0) is 66.2. The van der Waals surface area contributed by atoms with Crippen LogP contribution in [0.3, 0.4) is 0 Å². The minimum atomic E-state index is -4.33. The largest absolute Gasteiger partial charge is 0.472 e. The molecule has 0 radical (unpaired) electrons. The van der Waals surface area contributed by atoms with E-state index in [9.17, 15) is 19.4 Å². The number of aliphatic hydroxyl groups excluding tert-OH is 1.